The Kier molecular flexibility index (Phi) is 10.8. The van der Waals surface area contributed by atoms with E-state index in [4.69, 9.17) is 15.0 Å². The van der Waals surface area contributed by atoms with Gasteiger partial charge in [0.1, 0.15) is 11.6 Å². The van der Waals surface area contributed by atoms with Gasteiger partial charge in [0.2, 0.25) is 5.91 Å². The predicted molar refractivity (Wildman–Crippen MR) is 90.7 cm³/mol. The number of nitrogens with one attached hydrogen (secondary N) is 2. The molecule has 0 aliphatic rings. The van der Waals surface area contributed by atoms with Gasteiger partial charge in [-0.1, -0.05) is 5.11 Å². The SMILES string of the molecule is CC(=O)N[C@H](CCCCNC(=O)OCCN=[N+]=[N-])C(=O)OC(C)(C)C. The Hall–Kier alpha value is -2.48. The quantitative estimate of drug-likeness (QED) is 0.202. The summed E-state index contributed by atoms with van der Waals surface area (Å²) in [5.41, 5.74) is 7.45. The molecule has 0 heterocycles. The fourth-order valence-electron chi connectivity index (χ4n) is 1.81. The number of hydrogen-bond donors (Lipinski definition) is 2. The molecule has 10 nitrogen and oxygen atoms in total. The molecule has 0 saturated heterocycles. The van der Waals surface area contributed by atoms with Gasteiger partial charge in [0.15, 0.2) is 0 Å². The molecule has 0 aromatic carbocycles. The van der Waals surface area contributed by atoms with Gasteiger partial charge in [0, 0.05) is 18.4 Å². The molecule has 0 fully saturated rings. The largest absolute Gasteiger partial charge is 0.458 e. The van der Waals surface area contributed by atoms with Crippen LogP contribution in [0.2, 0.25) is 0 Å². The number of esters is 1. The Morgan fingerprint density at radius 2 is 1.92 bits per heavy atom. The molecule has 0 radical (unpaired) electrons. The number of nitrogens with zero attached hydrogens (tertiary/aromatic N) is 3. The summed E-state index contributed by atoms with van der Waals surface area (Å²) in [6.45, 7) is 7.07. The maximum absolute atomic E-state index is 12.1. The molecule has 1 atom stereocenters. The third kappa shape index (κ3) is 13.6. The van der Waals surface area contributed by atoms with E-state index in [0.717, 1.165) is 0 Å². The number of hydrogen-bond acceptors (Lipinski definition) is 6. The summed E-state index contributed by atoms with van der Waals surface area (Å²) in [5.74, 6) is -0.786. The van der Waals surface area contributed by atoms with Crippen molar-refractivity contribution in [1.29, 1.82) is 0 Å². The van der Waals surface area contributed by atoms with E-state index in [1.54, 1.807) is 20.8 Å². The molecule has 2 N–H and O–H groups in total. The number of carbonyl (C=O) groups excluding carboxylic acids is 3. The van der Waals surface area contributed by atoms with Gasteiger partial charge in [-0.05, 0) is 45.6 Å². The van der Waals surface area contributed by atoms with E-state index in [1.165, 1.54) is 6.92 Å². The maximum Gasteiger partial charge on any atom is 0.407 e. The minimum atomic E-state index is -0.715. The van der Waals surface area contributed by atoms with Crippen LogP contribution in [0.4, 0.5) is 4.79 Å². The van der Waals surface area contributed by atoms with Crippen LogP contribution < -0.4 is 10.6 Å². The highest BCUT2D eigenvalue weighted by atomic mass is 16.6. The number of amides is 2. The van der Waals surface area contributed by atoms with Crippen LogP contribution in [0.3, 0.4) is 0 Å². The Labute approximate surface area is 147 Å². The van der Waals surface area contributed by atoms with Crippen molar-refractivity contribution in [1.82, 2.24) is 10.6 Å². The van der Waals surface area contributed by atoms with Crippen LogP contribution in [0, 0.1) is 0 Å². The Morgan fingerprint density at radius 3 is 2.48 bits per heavy atom. The number of azide groups is 1. The number of rotatable bonds is 10. The highest BCUT2D eigenvalue weighted by molar-refractivity contribution is 5.83. The lowest BCUT2D eigenvalue weighted by atomic mass is 10.1. The first-order chi connectivity index (χ1) is 11.7. The van der Waals surface area contributed by atoms with Gasteiger partial charge in [-0.25, -0.2) is 9.59 Å². The summed E-state index contributed by atoms with van der Waals surface area (Å²) in [6, 6.07) is -0.715. The molecule has 0 aromatic rings. The molecule has 10 heteroatoms. The Morgan fingerprint density at radius 1 is 1.24 bits per heavy atom. The third-order valence-corrected chi connectivity index (χ3v) is 2.75. The van der Waals surface area contributed by atoms with Crippen molar-refractivity contribution in [2.45, 2.75) is 58.6 Å². The topological polar surface area (TPSA) is 142 Å². The second kappa shape index (κ2) is 12.0. The van der Waals surface area contributed by atoms with E-state index in [-0.39, 0.29) is 19.1 Å². The van der Waals surface area contributed by atoms with Crippen molar-refractivity contribution in [2.24, 2.45) is 5.11 Å². The van der Waals surface area contributed by atoms with Gasteiger partial charge in [0.05, 0.1) is 13.2 Å². The monoisotopic (exact) mass is 357 g/mol. The molecule has 0 bridgehead atoms. The molecular weight excluding hydrogens is 330 g/mol. The highest BCUT2D eigenvalue weighted by Gasteiger charge is 2.25. The van der Waals surface area contributed by atoms with Gasteiger partial charge < -0.3 is 20.1 Å². The zero-order chi connectivity index (χ0) is 19.3. The number of unbranched alkanes of at least 4 members (excludes halogenated alkanes) is 1. The maximum atomic E-state index is 12.1. The summed E-state index contributed by atoms with van der Waals surface area (Å²) in [4.78, 5) is 37.2. The summed E-state index contributed by atoms with van der Waals surface area (Å²) in [6.07, 6.45) is 1.01. The van der Waals surface area contributed by atoms with Crippen LogP contribution in [0.5, 0.6) is 0 Å². The third-order valence-electron chi connectivity index (χ3n) is 2.75. The van der Waals surface area contributed by atoms with E-state index >= 15 is 0 Å². The lowest BCUT2D eigenvalue weighted by Gasteiger charge is -2.24. The zero-order valence-corrected chi connectivity index (χ0v) is 15.2. The number of ether oxygens (including phenoxy) is 2. The van der Waals surface area contributed by atoms with E-state index < -0.39 is 23.7 Å². The predicted octanol–water partition coefficient (Wildman–Crippen LogP) is 2.04. The Balaban J connectivity index is 4.09. The standard InChI is InChI=1S/C15H27N5O5/c1-11(21)19-12(13(22)25-15(2,3)4)7-5-6-8-17-14(23)24-10-9-18-20-16/h12H,5-10H2,1-4H3,(H,17,23)(H,19,21)/t12-/m1/s1. The fraction of sp³-hybridized carbons (Fsp3) is 0.800. The minimum absolute atomic E-state index is 0.0130. The molecular formula is C15H27N5O5. The average Bonchev–Trinajstić information content (AvgIpc) is 2.48. The second-order valence-electron chi connectivity index (χ2n) is 6.30. The lowest BCUT2D eigenvalue weighted by Crippen LogP contribution is -2.43. The van der Waals surface area contributed by atoms with Crippen molar-refractivity contribution in [2.75, 3.05) is 19.7 Å². The van der Waals surface area contributed by atoms with Gasteiger partial charge >= 0.3 is 12.1 Å². The van der Waals surface area contributed by atoms with Gasteiger partial charge in [0.25, 0.3) is 0 Å². The summed E-state index contributed by atoms with van der Waals surface area (Å²) < 4.78 is 10.1. The first kappa shape index (κ1) is 22.5. The molecule has 0 aromatic heterocycles. The van der Waals surface area contributed by atoms with E-state index in [1.807, 2.05) is 0 Å². The minimum Gasteiger partial charge on any atom is -0.458 e. The molecule has 0 rings (SSSR count). The highest BCUT2D eigenvalue weighted by Crippen LogP contribution is 2.11. The Bertz CT molecular complexity index is 497. The summed E-state index contributed by atoms with van der Waals surface area (Å²) in [5, 5.41) is 8.35. The van der Waals surface area contributed by atoms with E-state index in [2.05, 4.69) is 20.7 Å². The van der Waals surface area contributed by atoms with Gasteiger partial charge in [-0.2, -0.15) is 0 Å². The number of carbonyl (C=O) groups is 3. The second-order valence-corrected chi connectivity index (χ2v) is 6.30. The molecule has 25 heavy (non-hydrogen) atoms. The molecule has 142 valence electrons. The molecule has 0 aliphatic carbocycles. The van der Waals surface area contributed by atoms with Crippen LogP contribution in [-0.4, -0.2) is 49.3 Å². The molecule has 0 unspecified atom stereocenters. The zero-order valence-electron chi connectivity index (χ0n) is 15.2. The van der Waals surface area contributed by atoms with Crippen molar-refractivity contribution >= 4 is 18.0 Å². The van der Waals surface area contributed by atoms with Crippen molar-refractivity contribution in [3.8, 4) is 0 Å². The van der Waals surface area contributed by atoms with Crippen molar-refractivity contribution in [3.05, 3.63) is 10.4 Å². The van der Waals surface area contributed by atoms with Crippen molar-refractivity contribution < 1.29 is 23.9 Å². The molecule has 2 amide bonds. The van der Waals surface area contributed by atoms with Crippen LogP contribution in [0.1, 0.15) is 47.0 Å². The summed E-state index contributed by atoms with van der Waals surface area (Å²) in [7, 11) is 0. The molecule has 0 spiro atoms. The normalized spacial score (nSPS) is 11.7. The first-order valence-electron chi connectivity index (χ1n) is 8.07. The average molecular weight is 357 g/mol. The summed E-state index contributed by atoms with van der Waals surface area (Å²) >= 11 is 0. The van der Waals surface area contributed by atoms with Gasteiger partial charge in [-0.3, -0.25) is 4.79 Å². The van der Waals surface area contributed by atoms with Crippen LogP contribution in [-0.2, 0) is 19.1 Å². The van der Waals surface area contributed by atoms with E-state index in [0.29, 0.717) is 25.8 Å². The lowest BCUT2D eigenvalue weighted by molar-refractivity contribution is -0.158. The first-order valence-corrected chi connectivity index (χ1v) is 8.07. The van der Waals surface area contributed by atoms with Crippen molar-refractivity contribution in [3.63, 3.8) is 0 Å². The van der Waals surface area contributed by atoms with Gasteiger partial charge in [-0.15, -0.1) is 0 Å². The molecule has 0 saturated carbocycles. The fourth-order valence-corrected chi connectivity index (χ4v) is 1.81. The number of alkyl carbamates (subject to hydrolysis) is 1. The molecule has 0 aliphatic heterocycles. The van der Waals surface area contributed by atoms with Crippen LogP contribution >= 0.6 is 0 Å². The smallest absolute Gasteiger partial charge is 0.407 e. The van der Waals surface area contributed by atoms with E-state index in [9.17, 15) is 14.4 Å². The van der Waals surface area contributed by atoms with Crippen LogP contribution in [0.25, 0.3) is 10.4 Å². The van der Waals surface area contributed by atoms with Crippen LogP contribution in [0.15, 0.2) is 5.11 Å².